The van der Waals surface area contributed by atoms with E-state index in [9.17, 15) is 18.0 Å². The third-order valence-electron chi connectivity index (χ3n) is 6.69. The average molecular weight is 548 g/mol. The highest BCUT2D eigenvalue weighted by Gasteiger charge is 2.32. The van der Waals surface area contributed by atoms with Crippen molar-refractivity contribution >= 4 is 27.5 Å². The summed E-state index contributed by atoms with van der Waals surface area (Å²) in [4.78, 5) is 28.4. The van der Waals surface area contributed by atoms with E-state index in [2.05, 4.69) is 5.32 Å². The molecule has 1 aliphatic rings. The molecule has 0 heterocycles. The number of anilines is 1. The molecular weight excluding hydrogens is 510 g/mol. The van der Waals surface area contributed by atoms with E-state index < -0.39 is 28.5 Å². The van der Waals surface area contributed by atoms with Crippen LogP contribution in [0.1, 0.15) is 38.2 Å². The molecule has 0 spiro atoms. The number of ether oxygens (including phenoxy) is 3. The summed E-state index contributed by atoms with van der Waals surface area (Å²) in [6, 6.07) is 11.1. The number of methoxy groups -OCH3 is 3. The number of rotatable bonds is 12. The van der Waals surface area contributed by atoms with E-state index in [1.165, 1.54) is 25.2 Å². The molecule has 0 aromatic heterocycles. The molecule has 1 atom stereocenters. The number of nitrogens with zero attached hydrogens (tertiary/aromatic N) is 2. The molecule has 1 aliphatic carbocycles. The van der Waals surface area contributed by atoms with Crippen LogP contribution in [0.2, 0.25) is 0 Å². The maximum Gasteiger partial charge on any atom is 0.244 e. The van der Waals surface area contributed by atoms with Gasteiger partial charge in [0.1, 0.15) is 29.8 Å². The highest BCUT2D eigenvalue weighted by Crippen LogP contribution is 2.33. The van der Waals surface area contributed by atoms with Gasteiger partial charge in [-0.15, -0.1) is 0 Å². The van der Waals surface area contributed by atoms with Gasteiger partial charge in [0.05, 0.1) is 33.3 Å². The Labute approximate surface area is 224 Å². The van der Waals surface area contributed by atoms with E-state index in [1.807, 2.05) is 6.07 Å². The summed E-state index contributed by atoms with van der Waals surface area (Å²) in [7, 11) is 0.540. The van der Waals surface area contributed by atoms with Gasteiger partial charge in [-0.05, 0) is 49.6 Å². The van der Waals surface area contributed by atoms with E-state index in [-0.39, 0.29) is 29.9 Å². The van der Waals surface area contributed by atoms with Crippen LogP contribution < -0.4 is 23.8 Å². The fourth-order valence-corrected chi connectivity index (χ4v) is 5.38. The summed E-state index contributed by atoms with van der Waals surface area (Å²) in [6.45, 7) is 1.22. The van der Waals surface area contributed by atoms with E-state index >= 15 is 0 Å². The van der Waals surface area contributed by atoms with E-state index in [1.54, 1.807) is 44.4 Å². The Morgan fingerprint density at radius 3 is 2.26 bits per heavy atom. The van der Waals surface area contributed by atoms with Crippen LogP contribution in [0.25, 0.3) is 0 Å². The Kier molecular flexibility index (Phi) is 9.84. The summed E-state index contributed by atoms with van der Waals surface area (Å²) in [5, 5.41) is 3.05. The minimum absolute atomic E-state index is 0.0785. The van der Waals surface area contributed by atoms with Gasteiger partial charge in [0, 0.05) is 18.7 Å². The quantitative estimate of drug-likeness (QED) is 0.435. The zero-order valence-electron chi connectivity index (χ0n) is 22.6. The lowest BCUT2D eigenvalue weighted by Crippen LogP contribution is -2.52. The van der Waals surface area contributed by atoms with Crippen LogP contribution in [0.5, 0.6) is 17.2 Å². The molecule has 1 unspecified atom stereocenters. The molecule has 0 saturated heterocycles. The molecule has 0 aliphatic heterocycles. The molecule has 3 rings (SSSR count). The number of hydrogen-bond donors (Lipinski definition) is 1. The highest BCUT2D eigenvalue weighted by molar-refractivity contribution is 7.92. The second-order valence-corrected chi connectivity index (χ2v) is 11.3. The predicted octanol–water partition coefficient (Wildman–Crippen LogP) is 2.95. The number of benzene rings is 2. The van der Waals surface area contributed by atoms with Crippen LogP contribution >= 0.6 is 0 Å². The lowest BCUT2D eigenvalue weighted by Gasteiger charge is -2.32. The zero-order valence-corrected chi connectivity index (χ0v) is 23.4. The summed E-state index contributed by atoms with van der Waals surface area (Å²) >= 11 is 0. The lowest BCUT2D eigenvalue weighted by molar-refractivity contribution is -0.139. The molecular formula is C27H37N3O7S. The molecule has 2 amide bonds. The standard InChI is InChI=1S/C27H37N3O7S/c1-19(27(32)28-21-10-6-7-11-21)29(17-20-9-8-12-22(15-20)35-2)26(31)18-30(38(5,33)34)24-14-13-23(36-3)16-25(24)37-4/h8-9,12-16,19,21H,6-7,10-11,17-18H2,1-5H3,(H,28,32). The van der Waals surface area contributed by atoms with Crippen molar-refractivity contribution in [3.05, 3.63) is 48.0 Å². The third kappa shape index (κ3) is 7.31. The van der Waals surface area contributed by atoms with E-state index in [0.717, 1.165) is 41.8 Å². The fraction of sp³-hybridized carbons (Fsp3) is 0.481. The number of carbonyl (C=O) groups excluding carboxylic acids is 2. The van der Waals surface area contributed by atoms with Crippen molar-refractivity contribution in [2.24, 2.45) is 0 Å². The van der Waals surface area contributed by atoms with E-state index in [4.69, 9.17) is 14.2 Å². The second-order valence-electron chi connectivity index (χ2n) is 9.35. The van der Waals surface area contributed by atoms with E-state index in [0.29, 0.717) is 11.5 Å². The fourth-order valence-electron chi connectivity index (χ4n) is 4.53. The largest absolute Gasteiger partial charge is 0.497 e. The Hall–Kier alpha value is -3.47. The number of sulfonamides is 1. The van der Waals surface area contributed by atoms with Crippen LogP contribution in [0.3, 0.4) is 0 Å². The average Bonchev–Trinajstić information content (AvgIpc) is 3.42. The van der Waals surface area contributed by atoms with Gasteiger partial charge in [0.2, 0.25) is 21.8 Å². The van der Waals surface area contributed by atoms with Crippen molar-refractivity contribution in [3.63, 3.8) is 0 Å². The van der Waals surface area contributed by atoms with Gasteiger partial charge in [-0.2, -0.15) is 0 Å². The van der Waals surface area contributed by atoms with Crippen molar-refractivity contribution in [2.45, 2.75) is 51.2 Å². The van der Waals surface area contributed by atoms with Crippen LogP contribution in [0.4, 0.5) is 5.69 Å². The Bertz CT molecular complexity index is 1230. The Balaban J connectivity index is 1.94. The number of carbonyl (C=O) groups is 2. The highest BCUT2D eigenvalue weighted by atomic mass is 32.2. The molecule has 0 radical (unpaired) electrons. The number of hydrogen-bond acceptors (Lipinski definition) is 7. The molecule has 1 saturated carbocycles. The summed E-state index contributed by atoms with van der Waals surface area (Å²) in [5.74, 6) is 0.501. The maximum atomic E-state index is 13.8. The van der Waals surface area contributed by atoms with Crippen molar-refractivity contribution in [3.8, 4) is 17.2 Å². The molecule has 0 bridgehead atoms. The van der Waals surface area contributed by atoms with Gasteiger partial charge in [0.25, 0.3) is 0 Å². The molecule has 2 aromatic rings. The molecule has 11 heteroatoms. The minimum Gasteiger partial charge on any atom is -0.497 e. The van der Waals surface area contributed by atoms with Gasteiger partial charge in [-0.1, -0.05) is 25.0 Å². The van der Waals surface area contributed by atoms with Crippen LogP contribution in [-0.2, 0) is 26.2 Å². The third-order valence-corrected chi connectivity index (χ3v) is 7.82. The molecule has 1 fully saturated rings. The van der Waals surface area contributed by atoms with Crippen LogP contribution in [0, 0.1) is 0 Å². The number of nitrogens with one attached hydrogen (secondary N) is 1. The first-order valence-electron chi connectivity index (χ1n) is 12.5. The second kappa shape index (κ2) is 12.9. The summed E-state index contributed by atoms with van der Waals surface area (Å²) in [5.41, 5.74) is 0.930. The van der Waals surface area contributed by atoms with Gasteiger partial charge < -0.3 is 24.4 Å². The normalized spacial score (nSPS) is 14.4. The number of amides is 2. The van der Waals surface area contributed by atoms with Gasteiger partial charge in [0.15, 0.2) is 0 Å². The smallest absolute Gasteiger partial charge is 0.244 e. The zero-order chi connectivity index (χ0) is 27.9. The van der Waals surface area contributed by atoms with Crippen molar-refractivity contribution in [1.29, 1.82) is 0 Å². The van der Waals surface area contributed by atoms with Gasteiger partial charge in [-0.25, -0.2) is 8.42 Å². The van der Waals surface area contributed by atoms with Crippen LogP contribution in [0.15, 0.2) is 42.5 Å². The Morgan fingerprint density at radius 2 is 1.66 bits per heavy atom. The molecule has 38 heavy (non-hydrogen) atoms. The molecule has 208 valence electrons. The Morgan fingerprint density at radius 1 is 1.00 bits per heavy atom. The SMILES string of the molecule is COc1cccc(CN(C(=O)CN(c2ccc(OC)cc2OC)S(C)(=O)=O)C(C)C(=O)NC2CCCC2)c1. The van der Waals surface area contributed by atoms with Crippen molar-refractivity contribution < 1.29 is 32.2 Å². The first-order valence-corrected chi connectivity index (χ1v) is 14.3. The maximum absolute atomic E-state index is 13.8. The summed E-state index contributed by atoms with van der Waals surface area (Å²) in [6.07, 6.45) is 4.94. The van der Waals surface area contributed by atoms with Crippen molar-refractivity contribution in [2.75, 3.05) is 38.4 Å². The monoisotopic (exact) mass is 547 g/mol. The minimum atomic E-state index is -3.90. The van der Waals surface area contributed by atoms with Gasteiger partial charge >= 0.3 is 0 Å². The summed E-state index contributed by atoms with van der Waals surface area (Å²) < 4.78 is 42.6. The first kappa shape index (κ1) is 29.1. The first-order chi connectivity index (χ1) is 18.1. The van der Waals surface area contributed by atoms with Gasteiger partial charge in [-0.3, -0.25) is 13.9 Å². The van der Waals surface area contributed by atoms with Crippen molar-refractivity contribution in [1.82, 2.24) is 10.2 Å². The molecule has 2 aromatic carbocycles. The molecule has 1 N–H and O–H groups in total. The lowest BCUT2D eigenvalue weighted by atomic mass is 10.1. The van der Waals surface area contributed by atoms with Crippen LogP contribution in [-0.4, -0.2) is 71.3 Å². The topological polar surface area (TPSA) is 114 Å². The molecule has 10 nitrogen and oxygen atoms in total. The predicted molar refractivity (Wildman–Crippen MR) is 145 cm³/mol.